The van der Waals surface area contributed by atoms with Gasteiger partial charge in [-0.1, -0.05) is 15.9 Å². The number of amides is 2. The van der Waals surface area contributed by atoms with Crippen molar-refractivity contribution in [1.29, 1.82) is 0 Å². The maximum absolute atomic E-state index is 13.4. The van der Waals surface area contributed by atoms with Crippen LogP contribution in [-0.2, 0) is 19.1 Å². The Hall–Kier alpha value is -2.22. The molecule has 1 aromatic rings. The Morgan fingerprint density at radius 2 is 2.05 bits per heavy atom. The number of hydrogen-bond donors (Lipinski definition) is 2. The second kappa shape index (κ2) is 8.93. The van der Waals surface area contributed by atoms with Gasteiger partial charge < -0.3 is 15.4 Å². The van der Waals surface area contributed by atoms with Crippen molar-refractivity contribution in [2.24, 2.45) is 0 Å². The molecule has 0 radical (unpaired) electrons. The van der Waals surface area contributed by atoms with Gasteiger partial charge in [0.15, 0.2) is 6.61 Å². The van der Waals surface area contributed by atoms with Crippen molar-refractivity contribution in [2.45, 2.75) is 0 Å². The van der Waals surface area contributed by atoms with Crippen molar-refractivity contribution < 1.29 is 23.5 Å². The molecular formula is C14H14BrFN2O4. The third-order valence-electron chi connectivity index (χ3n) is 2.43. The highest BCUT2D eigenvalue weighted by Gasteiger charge is 2.07. The second-order valence-corrected chi connectivity index (χ2v) is 4.97. The monoisotopic (exact) mass is 372 g/mol. The van der Waals surface area contributed by atoms with E-state index in [0.717, 1.165) is 6.08 Å². The number of esters is 1. The summed E-state index contributed by atoms with van der Waals surface area (Å²) in [5.41, 5.74) is 0.204. The van der Waals surface area contributed by atoms with E-state index >= 15 is 0 Å². The molecule has 2 amide bonds. The third-order valence-corrected chi connectivity index (χ3v) is 2.92. The molecule has 1 aromatic carbocycles. The minimum Gasteiger partial charge on any atom is -0.452 e. The number of ether oxygens (including phenoxy) is 1. The van der Waals surface area contributed by atoms with Gasteiger partial charge in [-0.25, -0.2) is 9.18 Å². The fraction of sp³-hybridized carbons (Fsp3) is 0.214. The Morgan fingerprint density at radius 1 is 1.32 bits per heavy atom. The van der Waals surface area contributed by atoms with Gasteiger partial charge in [0, 0.05) is 23.2 Å². The molecule has 2 N–H and O–H groups in total. The molecule has 8 heteroatoms. The SMILES string of the molecule is CNC(=O)CNC(=O)COC(=O)/C=C/c1cc(Br)ccc1F. The number of rotatable bonds is 6. The summed E-state index contributed by atoms with van der Waals surface area (Å²) in [6, 6.07) is 4.28. The van der Waals surface area contributed by atoms with Gasteiger partial charge >= 0.3 is 5.97 Å². The largest absolute Gasteiger partial charge is 0.452 e. The second-order valence-electron chi connectivity index (χ2n) is 4.06. The fourth-order valence-corrected chi connectivity index (χ4v) is 1.68. The van der Waals surface area contributed by atoms with E-state index in [1.165, 1.54) is 31.3 Å². The third kappa shape index (κ3) is 6.49. The van der Waals surface area contributed by atoms with Crippen molar-refractivity contribution >= 4 is 39.8 Å². The smallest absolute Gasteiger partial charge is 0.331 e. The first-order chi connectivity index (χ1) is 10.4. The molecule has 0 saturated heterocycles. The molecule has 118 valence electrons. The maximum Gasteiger partial charge on any atom is 0.331 e. The van der Waals surface area contributed by atoms with E-state index in [1.54, 1.807) is 0 Å². The molecule has 0 aliphatic carbocycles. The fourth-order valence-electron chi connectivity index (χ4n) is 1.30. The molecule has 0 aliphatic heterocycles. The predicted molar refractivity (Wildman–Crippen MR) is 81.2 cm³/mol. The molecule has 0 aliphatic rings. The van der Waals surface area contributed by atoms with Gasteiger partial charge in [0.2, 0.25) is 5.91 Å². The first-order valence-electron chi connectivity index (χ1n) is 6.19. The van der Waals surface area contributed by atoms with Crippen LogP contribution in [0.2, 0.25) is 0 Å². The molecule has 22 heavy (non-hydrogen) atoms. The first kappa shape index (κ1) is 17.8. The summed E-state index contributed by atoms with van der Waals surface area (Å²) in [5.74, 6) is -2.27. The normalized spacial score (nSPS) is 10.3. The quantitative estimate of drug-likeness (QED) is 0.576. The zero-order valence-electron chi connectivity index (χ0n) is 11.7. The van der Waals surface area contributed by atoms with Crippen molar-refractivity contribution in [3.63, 3.8) is 0 Å². The molecule has 0 fully saturated rings. The van der Waals surface area contributed by atoms with E-state index in [2.05, 4.69) is 31.3 Å². The highest BCUT2D eigenvalue weighted by Crippen LogP contribution is 2.16. The lowest BCUT2D eigenvalue weighted by atomic mass is 10.2. The molecule has 0 heterocycles. The van der Waals surface area contributed by atoms with E-state index in [4.69, 9.17) is 0 Å². The number of halogens is 2. The molecule has 6 nitrogen and oxygen atoms in total. The van der Waals surface area contributed by atoms with Gasteiger partial charge in [0.05, 0.1) is 6.54 Å². The van der Waals surface area contributed by atoms with Crippen LogP contribution in [0.5, 0.6) is 0 Å². The molecule has 1 rings (SSSR count). The van der Waals surface area contributed by atoms with Gasteiger partial charge in [-0.2, -0.15) is 0 Å². The van der Waals surface area contributed by atoms with Gasteiger partial charge in [-0.3, -0.25) is 9.59 Å². The number of benzene rings is 1. The molecule has 0 spiro atoms. The summed E-state index contributed by atoms with van der Waals surface area (Å²) in [7, 11) is 1.43. The summed E-state index contributed by atoms with van der Waals surface area (Å²) in [6.45, 7) is -0.729. The van der Waals surface area contributed by atoms with Crippen molar-refractivity contribution in [3.05, 3.63) is 40.1 Å². The maximum atomic E-state index is 13.4. The van der Waals surface area contributed by atoms with E-state index in [0.29, 0.717) is 4.47 Å². The average Bonchev–Trinajstić information content (AvgIpc) is 2.51. The Bertz CT molecular complexity index is 605. The number of hydrogen-bond acceptors (Lipinski definition) is 4. The van der Waals surface area contributed by atoms with Crippen LogP contribution in [0.25, 0.3) is 6.08 Å². The lowest BCUT2D eigenvalue weighted by Gasteiger charge is -2.04. The lowest BCUT2D eigenvalue weighted by molar-refractivity contribution is -0.143. The standard InChI is InChI=1S/C14H14BrFN2O4/c1-17-12(19)7-18-13(20)8-22-14(21)5-2-9-6-10(15)3-4-11(9)16/h2-6H,7-8H2,1H3,(H,17,19)(H,18,20)/b5-2+. The van der Waals surface area contributed by atoms with Gasteiger partial charge in [-0.05, 0) is 24.3 Å². The Morgan fingerprint density at radius 3 is 2.73 bits per heavy atom. The summed E-state index contributed by atoms with van der Waals surface area (Å²) < 4.78 is 18.7. The summed E-state index contributed by atoms with van der Waals surface area (Å²) in [6.07, 6.45) is 2.25. The number of carbonyl (C=O) groups is 3. The van der Waals surface area contributed by atoms with Gasteiger partial charge in [0.25, 0.3) is 5.91 Å². The van der Waals surface area contributed by atoms with Crippen molar-refractivity contribution in [2.75, 3.05) is 20.2 Å². The Balaban J connectivity index is 2.43. The van der Waals surface area contributed by atoms with Crippen LogP contribution in [0.15, 0.2) is 28.7 Å². The minimum absolute atomic E-state index is 0.202. The van der Waals surface area contributed by atoms with Crippen LogP contribution in [0.3, 0.4) is 0 Å². The average molecular weight is 373 g/mol. The van der Waals surface area contributed by atoms with Crippen LogP contribution in [0, 0.1) is 5.82 Å². The number of likely N-dealkylation sites (N-methyl/N-ethyl adjacent to an activating group) is 1. The highest BCUT2D eigenvalue weighted by molar-refractivity contribution is 9.10. The minimum atomic E-state index is -0.797. The van der Waals surface area contributed by atoms with E-state index in [9.17, 15) is 18.8 Å². The Kier molecular flexibility index (Phi) is 7.24. The molecule has 0 atom stereocenters. The molecule has 0 saturated carbocycles. The molecular weight excluding hydrogens is 359 g/mol. The summed E-state index contributed by atoms with van der Waals surface area (Å²) in [5, 5.41) is 4.58. The van der Waals surface area contributed by atoms with Crippen LogP contribution in [-0.4, -0.2) is 38.0 Å². The van der Waals surface area contributed by atoms with Crippen LogP contribution < -0.4 is 10.6 Å². The highest BCUT2D eigenvalue weighted by atomic mass is 79.9. The predicted octanol–water partition coefficient (Wildman–Crippen LogP) is 1.01. The number of carbonyl (C=O) groups excluding carboxylic acids is 3. The van der Waals surface area contributed by atoms with Gasteiger partial charge in [-0.15, -0.1) is 0 Å². The van der Waals surface area contributed by atoms with Crippen LogP contribution in [0.1, 0.15) is 5.56 Å². The van der Waals surface area contributed by atoms with E-state index in [1.807, 2.05) is 0 Å². The summed E-state index contributed by atoms with van der Waals surface area (Å²) in [4.78, 5) is 33.6. The van der Waals surface area contributed by atoms with Gasteiger partial charge in [0.1, 0.15) is 5.82 Å². The topological polar surface area (TPSA) is 84.5 Å². The zero-order valence-corrected chi connectivity index (χ0v) is 13.3. The van der Waals surface area contributed by atoms with Crippen LogP contribution >= 0.6 is 15.9 Å². The Labute approximate surface area is 134 Å². The van der Waals surface area contributed by atoms with Crippen molar-refractivity contribution in [3.8, 4) is 0 Å². The van der Waals surface area contributed by atoms with E-state index in [-0.39, 0.29) is 18.0 Å². The summed E-state index contributed by atoms with van der Waals surface area (Å²) >= 11 is 3.19. The van der Waals surface area contributed by atoms with E-state index < -0.39 is 24.3 Å². The zero-order chi connectivity index (χ0) is 16.5. The molecule has 0 unspecified atom stereocenters. The first-order valence-corrected chi connectivity index (χ1v) is 6.99. The molecule has 0 aromatic heterocycles. The van der Waals surface area contributed by atoms with Crippen molar-refractivity contribution in [1.82, 2.24) is 10.6 Å². The molecule has 0 bridgehead atoms. The lowest BCUT2D eigenvalue weighted by Crippen LogP contribution is -2.37. The number of nitrogens with one attached hydrogen (secondary N) is 2. The van der Waals surface area contributed by atoms with Crippen LogP contribution in [0.4, 0.5) is 4.39 Å².